The van der Waals surface area contributed by atoms with Crippen LogP contribution >= 0.6 is 15.9 Å². The number of anilines is 1. The predicted octanol–water partition coefficient (Wildman–Crippen LogP) is 4.62. The summed E-state index contributed by atoms with van der Waals surface area (Å²) in [5.41, 5.74) is 2.54. The van der Waals surface area contributed by atoms with Gasteiger partial charge in [-0.05, 0) is 54.6 Å². The van der Waals surface area contributed by atoms with E-state index in [0.29, 0.717) is 22.7 Å². The van der Waals surface area contributed by atoms with E-state index in [1.54, 1.807) is 72.8 Å². The smallest absolute Gasteiger partial charge is 0.412 e. The third kappa shape index (κ3) is 8.42. The number of rotatable bonds is 11. The maximum atomic E-state index is 12.9. The fourth-order valence-electron chi connectivity index (χ4n) is 3.14. The Labute approximate surface area is 216 Å². The third-order valence-corrected chi connectivity index (χ3v) is 5.26. The highest BCUT2D eigenvalue weighted by Crippen LogP contribution is 2.30. The molecule has 0 aliphatic rings. The van der Waals surface area contributed by atoms with Crippen LogP contribution in [-0.4, -0.2) is 41.6 Å². The molecule has 4 N–H and O–H groups in total. The number of carbonyl (C=O) groups is 2. The van der Waals surface area contributed by atoms with Gasteiger partial charge in [-0.15, -0.1) is 0 Å². The molecule has 10 heteroatoms. The number of para-hydroxylation sites is 1. The number of hydroxylamine groups is 1. The standard InChI is InChI=1S/C26H25BrN2O7/c27-19-9-11-20(12-10-19)28-26(32)36-25(18-5-4-8-22(17-18)34-16-15-30)23(13-14-24(31)29-33)35-21-6-2-1-3-7-21/h1-14,17,23,25,30,33H,15-16H2,(H,28,32)(H,29,31)/b14-13+/t23-,25-/m0/s1. The molecule has 3 aromatic rings. The summed E-state index contributed by atoms with van der Waals surface area (Å²) >= 11 is 3.35. The second-order valence-electron chi connectivity index (χ2n) is 7.33. The fourth-order valence-corrected chi connectivity index (χ4v) is 3.41. The molecule has 0 unspecified atom stereocenters. The molecular formula is C26H25BrN2O7. The molecule has 9 nitrogen and oxygen atoms in total. The van der Waals surface area contributed by atoms with Gasteiger partial charge in [-0.2, -0.15) is 0 Å². The number of benzene rings is 3. The Morgan fingerprint density at radius 3 is 2.39 bits per heavy atom. The molecule has 0 bridgehead atoms. The number of nitrogens with one attached hydrogen (secondary N) is 2. The first-order valence-electron chi connectivity index (χ1n) is 10.9. The maximum Gasteiger partial charge on any atom is 0.412 e. The Kier molecular flexibility index (Phi) is 10.3. The first-order chi connectivity index (χ1) is 17.5. The summed E-state index contributed by atoms with van der Waals surface area (Å²) in [7, 11) is 0. The van der Waals surface area contributed by atoms with E-state index >= 15 is 0 Å². The molecule has 0 aliphatic carbocycles. The van der Waals surface area contributed by atoms with E-state index in [4.69, 9.17) is 24.5 Å². The average molecular weight is 557 g/mol. The van der Waals surface area contributed by atoms with Gasteiger partial charge in [0.25, 0.3) is 5.91 Å². The lowest BCUT2D eigenvalue weighted by Gasteiger charge is -2.26. The van der Waals surface area contributed by atoms with Gasteiger partial charge in [-0.1, -0.05) is 46.3 Å². The Morgan fingerprint density at radius 2 is 1.69 bits per heavy atom. The van der Waals surface area contributed by atoms with E-state index in [1.807, 2.05) is 6.07 Å². The quantitative estimate of drug-likeness (QED) is 0.154. The maximum absolute atomic E-state index is 12.9. The summed E-state index contributed by atoms with van der Waals surface area (Å²) in [6.07, 6.45) is -0.333. The molecule has 3 rings (SSSR count). The molecule has 2 atom stereocenters. The SMILES string of the molecule is O=C(/C=C/[C@H](Oc1ccccc1)[C@@H](OC(=O)Nc1ccc(Br)cc1)c1cccc(OCCO)c1)NO. The second kappa shape index (κ2) is 13.9. The molecule has 36 heavy (non-hydrogen) atoms. The third-order valence-electron chi connectivity index (χ3n) is 4.73. The molecule has 0 saturated heterocycles. The monoisotopic (exact) mass is 556 g/mol. The highest BCUT2D eigenvalue weighted by Gasteiger charge is 2.28. The molecule has 0 radical (unpaired) electrons. The minimum Gasteiger partial charge on any atom is -0.491 e. The van der Waals surface area contributed by atoms with Crippen molar-refractivity contribution in [2.24, 2.45) is 0 Å². The Balaban J connectivity index is 1.95. The largest absolute Gasteiger partial charge is 0.491 e. The number of hydrogen-bond donors (Lipinski definition) is 4. The van der Waals surface area contributed by atoms with Crippen LogP contribution in [0.3, 0.4) is 0 Å². The van der Waals surface area contributed by atoms with Crippen molar-refractivity contribution in [3.05, 3.63) is 101 Å². The highest BCUT2D eigenvalue weighted by molar-refractivity contribution is 9.10. The number of aliphatic hydroxyl groups excluding tert-OH is 1. The van der Waals surface area contributed by atoms with Gasteiger partial charge in [0.1, 0.15) is 18.1 Å². The summed E-state index contributed by atoms with van der Waals surface area (Å²) < 4.78 is 18.2. The van der Waals surface area contributed by atoms with Crippen molar-refractivity contribution in [3.63, 3.8) is 0 Å². The summed E-state index contributed by atoms with van der Waals surface area (Å²) in [4.78, 5) is 24.6. The number of carbonyl (C=O) groups excluding carboxylic acids is 2. The van der Waals surface area contributed by atoms with Crippen molar-refractivity contribution in [3.8, 4) is 11.5 Å². The second-order valence-corrected chi connectivity index (χ2v) is 8.25. The lowest BCUT2D eigenvalue weighted by Crippen LogP contribution is -2.30. The first kappa shape index (κ1) is 26.7. The van der Waals surface area contributed by atoms with Crippen LogP contribution in [0.5, 0.6) is 11.5 Å². The molecule has 0 saturated carbocycles. The zero-order valence-corrected chi connectivity index (χ0v) is 20.6. The van der Waals surface area contributed by atoms with E-state index in [9.17, 15) is 9.59 Å². The number of hydrogen-bond acceptors (Lipinski definition) is 7. The summed E-state index contributed by atoms with van der Waals surface area (Å²) in [5, 5.41) is 20.7. The molecule has 188 valence electrons. The van der Waals surface area contributed by atoms with Crippen LogP contribution in [0.25, 0.3) is 0 Å². The fraction of sp³-hybridized carbons (Fsp3) is 0.154. The summed E-state index contributed by atoms with van der Waals surface area (Å²) in [6, 6.07) is 22.5. The van der Waals surface area contributed by atoms with Crippen LogP contribution in [0.4, 0.5) is 10.5 Å². The van der Waals surface area contributed by atoms with Crippen LogP contribution < -0.4 is 20.3 Å². The van der Waals surface area contributed by atoms with Crippen molar-refractivity contribution in [2.45, 2.75) is 12.2 Å². The lowest BCUT2D eigenvalue weighted by atomic mass is 10.0. The van der Waals surface area contributed by atoms with Crippen LogP contribution in [0.15, 0.2) is 95.5 Å². The molecule has 0 fully saturated rings. The van der Waals surface area contributed by atoms with Gasteiger partial charge < -0.3 is 19.3 Å². The van der Waals surface area contributed by atoms with Crippen LogP contribution in [0.1, 0.15) is 11.7 Å². The van der Waals surface area contributed by atoms with Gasteiger partial charge >= 0.3 is 6.09 Å². The topological polar surface area (TPSA) is 126 Å². The van der Waals surface area contributed by atoms with E-state index in [1.165, 1.54) is 11.6 Å². The molecule has 0 aromatic heterocycles. The number of amides is 2. The normalized spacial score (nSPS) is 12.4. The van der Waals surface area contributed by atoms with Crippen LogP contribution in [0, 0.1) is 0 Å². The van der Waals surface area contributed by atoms with Crippen molar-refractivity contribution >= 4 is 33.6 Å². The number of halogens is 1. The van der Waals surface area contributed by atoms with Gasteiger partial charge in [0.15, 0.2) is 12.2 Å². The predicted molar refractivity (Wildman–Crippen MR) is 136 cm³/mol. The van der Waals surface area contributed by atoms with Crippen LogP contribution in [0.2, 0.25) is 0 Å². The van der Waals surface area contributed by atoms with Gasteiger partial charge in [0.05, 0.1) is 6.61 Å². The Bertz CT molecular complexity index is 1160. The zero-order chi connectivity index (χ0) is 25.8. The van der Waals surface area contributed by atoms with Crippen molar-refractivity contribution in [1.29, 1.82) is 0 Å². The van der Waals surface area contributed by atoms with E-state index in [0.717, 1.165) is 10.5 Å². The minimum atomic E-state index is -1.04. The highest BCUT2D eigenvalue weighted by atomic mass is 79.9. The summed E-state index contributed by atoms with van der Waals surface area (Å²) in [6.45, 7) is -0.0853. The van der Waals surface area contributed by atoms with Gasteiger partial charge in [0, 0.05) is 21.8 Å². The van der Waals surface area contributed by atoms with E-state index in [2.05, 4.69) is 21.2 Å². The lowest BCUT2D eigenvalue weighted by molar-refractivity contribution is -0.124. The average Bonchev–Trinajstić information content (AvgIpc) is 2.90. The Hall–Kier alpha value is -3.86. The van der Waals surface area contributed by atoms with Gasteiger partial charge in [-0.25, -0.2) is 10.3 Å². The minimum absolute atomic E-state index is 0.0829. The zero-order valence-electron chi connectivity index (χ0n) is 19.0. The van der Waals surface area contributed by atoms with Gasteiger partial charge in [0.2, 0.25) is 0 Å². The molecule has 0 aliphatic heterocycles. The summed E-state index contributed by atoms with van der Waals surface area (Å²) in [5.74, 6) is 0.125. The van der Waals surface area contributed by atoms with Crippen molar-refractivity contribution < 1.29 is 34.1 Å². The van der Waals surface area contributed by atoms with Crippen molar-refractivity contribution in [2.75, 3.05) is 18.5 Å². The molecule has 0 spiro atoms. The van der Waals surface area contributed by atoms with E-state index < -0.39 is 24.2 Å². The van der Waals surface area contributed by atoms with E-state index in [-0.39, 0.29) is 13.2 Å². The molecule has 2 amide bonds. The molecular weight excluding hydrogens is 532 g/mol. The molecule has 3 aromatic carbocycles. The number of ether oxygens (including phenoxy) is 3. The van der Waals surface area contributed by atoms with Crippen molar-refractivity contribution in [1.82, 2.24) is 5.48 Å². The molecule has 0 heterocycles. The Morgan fingerprint density at radius 1 is 0.972 bits per heavy atom. The van der Waals surface area contributed by atoms with Crippen LogP contribution in [-0.2, 0) is 9.53 Å². The number of aliphatic hydroxyl groups is 1. The first-order valence-corrected chi connectivity index (χ1v) is 11.7. The van der Waals surface area contributed by atoms with Gasteiger partial charge in [-0.3, -0.25) is 15.3 Å².